The van der Waals surface area contributed by atoms with Crippen molar-refractivity contribution < 1.29 is 37.3 Å². The van der Waals surface area contributed by atoms with E-state index in [0.717, 1.165) is 0 Å². The molecule has 0 aliphatic rings. The smallest absolute Gasteiger partial charge is 0.101 e. The Kier molecular flexibility index (Phi) is 15.2. The van der Waals surface area contributed by atoms with Gasteiger partial charge in [0.25, 0.3) is 0 Å². The van der Waals surface area contributed by atoms with Gasteiger partial charge < -0.3 is 20.8 Å². The zero-order valence-corrected chi connectivity index (χ0v) is 10.9. The first-order valence-electron chi connectivity index (χ1n) is 4.19. The number of oxime groups is 4. The van der Waals surface area contributed by atoms with Gasteiger partial charge in [-0.2, -0.15) is 0 Å². The number of hydrogen-bond acceptors (Lipinski definition) is 8. The molecule has 0 fully saturated rings. The molecule has 9 heteroatoms. The van der Waals surface area contributed by atoms with Crippen LogP contribution in [-0.4, -0.2) is 43.7 Å². The Morgan fingerprint density at radius 1 is 0.529 bits per heavy atom. The van der Waals surface area contributed by atoms with Crippen LogP contribution in [-0.2, 0) is 16.5 Å². The maximum absolute atomic E-state index is 8.03. The minimum Gasteiger partial charge on any atom is -0.411 e. The Morgan fingerprint density at radius 3 is 0.706 bits per heavy atom. The van der Waals surface area contributed by atoms with Gasteiger partial charge in [0, 0.05) is 16.5 Å². The summed E-state index contributed by atoms with van der Waals surface area (Å²) < 4.78 is 0. The minimum atomic E-state index is 0. The van der Waals surface area contributed by atoms with E-state index in [1.54, 1.807) is 0 Å². The first kappa shape index (κ1) is 20.7. The van der Waals surface area contributed by atoms with Crippen molar-refractivity contribution in [2.24, 2.45) is 20.6 Å². The average molecular weight is 291 g/mol. The molecular formula is C8H16N4NiO4. The molecule has 0 rings (SSSR count). The number of nitrogens with zero attached hydrogens (tertiary/aromatic N) is 4. The van der Waals surface area contributed by atoms with Crippen LogP contribution in [0.25, 0.3) is 0 Å². The van der Waals surface area contributed by atoms with Gasteiger partial charge in [-0.25, -0.2) is 0 Å². The van der Waals surface area contributed by atoms with E-state index in [9.17, 15) is 0 Å². The fourth-order valence-corrected chi connectivity index (χ4v) is 0.289. The van der Waals surface area contributed by atoms with E-state index in [2.05, 4.69) is 20.6 Å². The van der Waals surface area contributed by atoms with E-state index in [0.29, 0.717) is 22.8 Å². The molecule has 0 amide bonds. The first-order chi connectivity index (χ1) is 7.44. The molecule has 0 aromatic rings. The largest absolute Gasteiger partial charge is 0.411 e. The zero-order valence-electron chi connectivity index (χ0n) is 9.89. The van der Waals surface area contributed by atoms with Crippen LogP contribution in [0.3, 0.4) is 0 Å². The summed E-state index contributed by atoms with van der Waals surface area (Å²) in [5.41, 5.74) is 1.25. The van der Waals surface area contributed by atoms with E-state index >= 15 is 0 Å². The Labute approximate surface area is 109 Å². The van der Waals surface area contributed by atoms with Crippen LogP contribution >= 0.6 is 0 Å². The second-order valence-electron chi connectivity index (χ2n) is 2.74. The van der Waals surface area contributed by atoms with Crippen molar-refractivity contribution in [2.45, 2.75) is 27.7 Å². The van der Waals surface area contributed by atoms with Gasteiger partial charge in [0.1, 0.15) is 22.8 Å². The van der Waals surface area contributed by atoms with Crippen molar-refractivity contribution in [2.75, 3.05) is 0 Å². The Morgan fingerprint density at radius 2 is 0.647 bits per heavy atom. The SMILES string of the molecule is CC(=N/O)/C(C)=N\O.CC(=N/O)/C(C)=N\O.[Ni]. The second-order valence-corrected chi connectivity index (χ2v) is 2.74. The summed E-state index contributed by atoms with van der Waals surface area (Å²) in [7, 11) is 0. The van der Waals surface area contributed by atoms with Crippen LogP contribution in [0, 0.1) is 0 Å². The zero-order chi connectivity index (χ0) is 13.1. The van der Waals surface area contributed by atoms with Crippen molar-refractivity contribution in [1.29, 1.82) is 0 Å². The van der Waals surface area contributed by atoms with Crippen LogP contribution < -0.4 is 0 Å². The molecular weight excluding hydrogens is 275 g/mol. The van der Waals surface area contributed by atoms with Gasteiger partial charge in [-0.3, -0.25) is 0 Å². The Hall–Kier alpha value is -1.63. The van der Waals surface area contributed by atoms with Gasteiger partial charge in [-0.1, -0.05) is 20.6 Å². The minimum absolute atomic E-state index is 0. The van der Waals surface area contributed by atoms with Crippen LogP contribution in [0.5, 0.6) is 0 Å². The summed E-state index contributed by atoms with van der Waals surface area (Å²) in [5, 5.41) is 43.3. The van der Waals surface area contributed by atoms with Crippen LogP contribution in [0.1, 0.15) is 27.7 Å². The third kappa shape index (κ3) is 10.7. The molecule has 0 spiro atoms. The summed E-state index contributed by atoms with van der Waals surface area (Å²) in [5.74, 6) is 0. The maximum Gasteiger partial charge on any atom is 0.101 e. The molecule has 17 heavy (non-hydrogen) atoms. The Bertz CT molecular complexity index is 261. The molecule has 0 atom stereocenters. The quantitative estimate of drug-likeness (QED) is 0.265. The maximum atomic E-state index is 8.03. The molecule has 0 heterocycles. The van der Waals surface area contributed by atoms with E-state index < -0.39 is 0 Å². The summed E-state index contributed by atoms with van der Waals surface area (Å²) in [6, 6.07) is 0. The topological polar surface area (TPSA) is 130 Å². The predicted molar refractivity (Wildman–Crippen MR) is 59.6 cm³/mol. The standard InChI is InChI=1S/2C4H8N2O2.Ni/c2*1-3(5-7)4(2)6-8;/h2*7-8H,1-2H3;/b2*5-3-,6-4-;. The molecule has 102 valence electrons. The van der Waals surface area contributed by atoms with Crippen molar-refractivity contribution in [3.8, 4) is 0 Å². The summed E-state index contributed by atoms with van der Waals surface area (Å²) in [4.78, 5) is 0. The van der Waals surface area contributed by atoms with E-state index in [4.69, 9.17) is 20.8 Å². The molecule has 0 saturated heterocycles. The van der Waals surface area contributed by atoms with Gasteiger partial charge in [-0.15, -0.1) is 0 Å². The first-order valence-corrected chi connectivity index (χ1v) is 4.19. The summed E-state index contributed by atoms with van der Waals surface area (Å²) in [6.07, 6.45) is 0. The van der Waals surface area contributed by atoms with Gasteiger partial charge >= 0.3 is 0 Å². The fourth-order valence-electron chi connectivity index (χ4n) is 0.289. The van der Waals surface area contributed by atoms with Gasteiger partial charge in [0.15, 0.2) is 0 Å². The molecule has 4 N–H and O–H groups in total. The van der Waals surface area contributed by atoms with Crippen LogP contribution in [0.2, 0.25) is 0 Å². The fraction of sp³-hybridized carbons (Fsp3) is 0.500. The van der Waals surface area contributed by atoms with Gasteiger partial charge in [0.05, 0.1) is 0 Å². The Balaban J connectivity index is -0.000000218. The molecule has 0 radical (unpaired) electrons. The molecule has 0 aliphatic carbocycles. The normalized spacial score (nSPS) is 13.4. The van der Waals surface area contributed by atoms with E-state index in [1.165, 1.54) is 27.7 Å². The van der Waals surface area contributed by atoms with Gasteiger partial charge in [-0.05, 0) is 27.7 Å². The van der Waals surface area contributed by atoms with Crippen molar-refractivity contribution in [3.63, 3.8) is 0 Å². The van der Waals surface area contributed by atoms with Crippen molar-refractivity contribution in [3.05, 3.63) is 0 Å². The second kappa shape index (κ2) is 12.4. The monoisotopic (exact) mass is 290 g/mol. The molecule has 0 aromatic carbocycles. The molecule has 0 saturated carbocycles. The average Bonchev–Trinajstić information content (AvgIpc) is 2.35. The van der Waals surface area contributed by atoms with E-state index in [1.807, 2.05) is 0 Å². The molecule has 0 aliphatic heterocycles. The molecule has 8 nitrogen and oxygen atoms in total. The van der Waals surface area contributed by atoms with Crippen LogP contribution in [0.4, 0.5) is 0 Å². The number of hydrogen-bond donors (Lipinski definition) is 4. The third-order valence-electron chi connectivity index (χ3n) is 1.65. The molecule has 0 unspecified atom stereocenters. The number of rotatable bonds is 2. The third-order valence-corrected chi connectivity index (χ3v) is 1.65. The molecule has 0 bridgehead atoms. The summed E-state index contributed by atoms with van der Waals surface area (Å²) in [6.45, 7) is 6.15. The van der Waals surface area contributed by atoms with Crippen LogP contribution in [0.15, 0.2) is 20.6 Å². The van der Waals surface area contributed by atoms with Crippen molar-refractivity contribution >= 4 is 22.8 Å². The van der Waals surface area contributed by atoms with Crippen molar-refractivity contribution in [1.82, 2.24) is 0 Å². The predicted octanol–water partition coefficient (Wildman–Crippen LogP) is 1.37. The molecule has 0 aromatic heterocycles. The summed E-state index contributed by atoms with van der Waals surface area (Å²) >= 11 is 0. The van der Waals surface area contributed by atoms with Gasteiger partial charge in [0.2, 0.25) is 0 Å². The van der Waals surface area contributed by atoms with E-state index in [-0.39, 0.29) is 16.5 Å².